The number of nitrogens with one attached hydrogen (secondary N) is 2. The van der Waals surface area contributed by atoms with Crippen molar-refractivity contribution in [2.24, 2.45) is 0 Å². The van der Waals surface area contributed by atoms with Gasteiger partial charge < -0.3 is 5.32 Å². The van der Waals surface area contributed by atoms with Crippen molar-refractivity contribution in [1.29, 1.82) is 0 Å². The number of carbonyl (C=O) groups excluding carboxylic acids is 1. The molecule has 0 bridgehead atoms. The summed E-state index contributed by atoms with van der Waals surface area (Å²) in [6, 6.07) is 0. The summed E-state index contributed by atoms with van der Waals surface area (Å²) >= 11 is 0. The minimum atomic E-state index is -0.0845. The van der Waals surface area contributed by atoms with Crippen molar-refractivity contribution in [3.8, 4) is 0 Å². The van der Waals surface area contributed by atoms with E-state index < -0.39 is 0 Å². The summed E-state index contributed by atoms with van der Waals surface area (Å²) in [5, 5.41) is 9.12. The van der Waals surface area contributed by atoms with Crippen molar-refractivity contribution >= 4 is 5.91 Å². The molecule has 1 amide bonds. The van der Waals surface area contributed by atoms with Crippen molar-refractivity contribution in [3.05, 3.63) is 30.1 Å². The Labute approximate surface area is 70.7 Å². The smallest absolute Gasteiger partial charge is 0.243 e. The minimum Gasteiger partial charge on any atom is -0.348 e. The van der Waals surface area contributed by atoms with E-state index in [1.807, 2.05) is 0 Å². The molecule has 0 fully saturated rings. The third kappa shape index (κ3) is 2.57. The SMILES string of the molecule is C/C=C/C(=O)NCc1cn[nH]c1. The van der Waals surface area contributed by atoms with Gasteiger partial charge in [-0.2, -0.15) is 5.10 Å². The molecular weight excluding hydrogens is 154 g/mol. The van der Waals surface area contributed by atoms with E-state index in [0.29, 0.717) is 6.54 Å². The summed E-state index contributed by atoms with van der Waals surface area (Å²) in [6.45, 7) is 2.32. The van der Waals surface area contributed by atoms with E-state index >= 15 is 0 Å². The van der Waals surface area contributed by atoms with Gasteiger partial charge >= 0.3 is 0 Å². The molecule has 0 aliphatic rings. The molecule has 0 unspecified atom stereocenters. The van der Waals surface area contributed by atoms with E-state index in [2.05, 4.69) is 15.5 Å². The third-order valence-corrected chi connectivity index (χ3v) is 1.34. The van der Waals surface area contributed by atoms with Crippen LogP contribution in [-0.4, -0.2) is 16.1 Å². The second-order valence-electron chi connectivity index (χ2n) is 2.32. The molecular formula is C8H11N3O. The second kappa shape index (κ2) is 4.33. The van der Waals surface area contributed by atoms with E-state index in [4.69, 9.17) is 0 Å². The fourth-order valence-electron chi connectivity index (χ4n) is 0.774. The van der Waals surface area contributed by atoms with Crippen LogP contribution in [0.4, 0.5) is 0 Å². The molecule has 0 radical (unpaired) electrons. The Morgan fingerprint density at radius 2 is 2.67 bits per heavy atom. The predicted molar refractivity (Wildman–Crippen MR) is 45.2 cm³/mol. The van der Waals surface area contributed by atoms with Crippen LogP contribution in [0.1, 0.15) is 12.5 Å². The predicted octanol–water partition coefficient (Wildman–Crippen LogP) is 0.602. The molecule has 1 aromatic heterocycles. The first-order valence-electron chi connectivity index (χ1n) is 3.71. The average Bonchev–Trinajstić information content (AvgIpc) is 2.53. The van der Waals surface area contributed by atoms with Gasteiger partial charge in [-0.05, 0) is 13.0 Å². The van der Waals surface area contributed by atoms with Gasteiger partial charge in [0.15, 0.2) is 0 Å². The molecule has 4 heteroatoms. The number of nitrogens with zero attached hydrogens (tertiary/aromatic N) is 1. The van der Waals surface area contributed by atoms with Gasteiger partial charge in [0.2, 0.25) is 5.91 Å². The Morgan fingerprint density at radius 1 is 1.83 bits per heavy atom. The highest BCUT2D eigenvalue weighted by Crippen LogP contribution is 1.91. The summed E-state index contributed by atoms with van der Waals surface area (Å²) in [5.41, 5.74) is 0.966. The number of hydrogen-bond acceptors (Lipinski definition) is 2. The van der Waals surface area contributed by atoms with E-state index in [1.54, 1.807) is 25.4 Å². The van der Waals surface area contributed by atoms with Gasteiger partial charge in [-0.3, -0.25) is 9.89 Å². The molecule has 0 aliphatic carbocycles. The third-order valence-electron chi connectivity index (χ3n) is 1.34. The standard InChI is InChI=1S/C8H11N3O/c1-2-3-8(12)9-4-7-5-10-11-6-7/h2-3,5-6H,4H2,1H3,(H,9,12)(H,10,11)/b3-2+. The van der Waals surface area contributed by atoms with Crippen LogP contribution in [-0.2, 0) is 11.3 Å². The van der Waals surface area contributed by atoms with Gasteiger partial charge in [0, 0.05) is 18.3 Å². The van der Waals surface area contributed by atoms with Crippen LogP contribution in [0, 0.1) is 0 Å². The summed E-state index contributed by atoms with van der Waals surface area (Å²) in [4.78, 5) is 10.9. The lowest BCUT2D eigenvalue weighted by Crippen LogP contribution is -2.19. The first-order chi connectivity index (χ1) is 5.83. The lowest BCUT2D eigenvalue weighted by atomic mass is 10.3. The molecule has 4 nitrogen and oxygen atoms in total. The van der Waals surface area contributed by atoms with Gasteiger partial charge in [-0.15, -0.1) is 0 Å². The average molecular weight is 165 g/mol. The van der Waals surface area contributed by atoms with Crippen LogP contribution >= 0.6 is 0 Å². The first-order valence-corrected chi connectivity index (χ1v) is 3.71. The molecule has 1 heterocycles. The molecule has 64 valence electrons. The number of carbonyl (C=O) groups is 1. The molecule has 0 atom stereocenters. The summed E-state index contributed by atoms with van der Waals surface area (Å²) < 4.78 is 0. The second-order valence-corrected chi connectivity index (χ2v) is 2.32. The monoisotopic (exact) mass is 165 g/mol. The van der Waals surface area contributed by atoms with E-state index in [9.17, 15) is 4.79 Å². The summed E-state index contributed by atoms with van der Waals surface area (Å²) in [7, 11) is 0. The van der Waals surface area contributed by atoms with Crippen LogP contribution in [0.2, 0.25) is 0 Å². The highest BCUT2D eigenvalue weighted by atomic mass is 16.1. The zero-order chi connectivity index (χ0) is 8.81. The van der Waals surface area contributed by atoms with Crippen molar-refractivity contribution in [1.82, 2.24) is 15.5 Å². The largest absolute Gasteiger partial charge is 0.348 e. The molecule has 0 spiro atoms. The molecule has 1 rings (SSSR count). The van der Waals surface area contributed by atoms with Crippen molar-refractivity contribution in [2.75, 3.05) is 0 Å². The molecule has 2 N–H and O–H groups in total. The Balaban J connectivity index is 2.31. The molecule has 12 heavy (non-hydrogen) atoms. The molecule has 0 saturated carbocycles. The zero-order valence-corrected chi connectivity index (χ0v) is 6.87. The maximum Gasteiger partial charge on any atom is 0.243 e. The highest BCUT2D eigenvalue weighted by molar-refractivity contribution is 5.87. The van der Waals surface area contributed by atoms with Gasteiger partial charge in [-0.1, -0.05) is 6.08 Å². The van der Waals surface area contributed by atoms with Gasteiger partial charge in [0.25, 0.3) is 0 Å². The fraction of sp³-hybridized carbons (Fsp3) is 0.250. The molecule has 0 aromatic carbocycles. The van der Waals surface area contributed by atoms with Crippen molar-refractivity contribution < 1.29 is 4.79 Å². The lowest BCUT2D eigenvalue weighted by molar-refractivity contribution is -0.116. The minimum absolute atomic E-state index is 0.0845. The first kappa shape index (κ1) is 8.52. The maximum atomic E-state index is 10.9. The number of aromatic nitrogens is 2. The molecule has 0 aliphatic heterocycles. The van der Waals surface area contributed by atoms with Gasteiger partial charge in [0.05, 0.1) is 6.20 Å². The lowest BCUT2D eigenvalue weighted by Gasteiger charge is -1.97. The number of allylic oxidation sites excluding steroid dienone is 1. The van der Waals surface area contributed by atoms with Gasteiger partial charge in [-0.25, -0.2) is 0 Å². The van der Waals surface area contributed by atoms with Crippen LogP contribution in [0.15, 0.2) is 24.5 Å². The highest BCUT2D eigenvalue weighted by Gasteiger charge is 1.95. The van der Waals surface area contributed by atoms with Gasteiger partial charge in [0.1, 0.15) is 0 Å². The Hall–Kier alpha value is -1.58. The number of hydrogen-bond donors (Lipinski definition) is 2. The Kier molecular flexibility index (Phi) is 3.07. The number of amides is 1. The maximum absolute atomic E-state index is 10.9. The number of aromatic amines is 1. The van der Waals surface area contributed by atoms with Crippen LogP contribution in [0.5, 0.6) is 0 Å². The number of H-pyrrole nitrogens is 1. The fourth-order valence-corrected chi connectivity index (χ4v) is 0.774. The molecule has 0 saturated heterocycles. The zero-order valence-electron chi connectivity index (χ0n) is 6.87. The van der Waals surface area contributed by atoms with Crippen LogP contribution in [0.25, 0.3) is 0 Å². The summed E-state index contributed by atoms with van der Waals surface area (Å²) in [5.74, 6) is -0.0845. The summed E-state index contributed by atoms with van der Waals surface area (Å²) in [6.07, 6.45) is 6.61. The normalized spacial score (nSPS) is 10.4. The topological polar surface area (TPSA) is 57.8 Å². The Morgan fingerprint density at radius 3 is 3.25 bits per heavy atom. The van der Waals surface area contributed by atoms with Crippen LogP contribution in [0.3, 0.4) is 0 Å². The van der Waals surface area contributed by atoms with Crippen molar-refractivity contribution in [3.63, 3.8) is 0 Å². The molecule has 1 aromatic rings. The van der Waals surface area contributed by atoms with Crippen molar-refractivity contribution in [2.45, 2.75) is 13.5 Å². The van der Waals surface area contributed by atoms with E-state index in [1.165, 1.54) is 6.08 Å². The Bertz CT molecular complexity index is 264. The quantitative estimate of drug-likeness (QED) is 0.644. The van der Waals surface area contributed by atoms with E-state index in [-0.39, 0.29) is 5.91 Å². The number of rotatable bonds is 3. The van der Waals surface area contributed by atoms with E-state index in [0.717, 1.165) is 5.56 Å². The van der Waals surface area contributed by atoms with Crippen LogP contribution < -0.4 is 5.32 Å².